The summed E-state index contributed by atoms with van der Waals surface area (Å²) in [6.45, 7) is 2.53. The molecule has 0 aliphatic heterocycles. The third-order valence-electron chi connectivity index (χ3n) is 1.62. The van der Waals surface area contributed by atoms with Crippen molar-refractivity contribution in [3.8, 4) is 5.75 Å². The summed E-state index contributed by atoms with van der Waals surface area (Å²) in [4.78, 5) is 4.19. The van der Waals surface area contributed by atoms with Crippen molar-refractivity contribution in [1.82, 2.24) is 0 Å². The molecule has 2 N–H and O–H groups in total. The molecule has 0 saturated carbocycles. The highest BCUT2D eigenvalue weighted by atomic mass is 127. The second-order valence-electron chi connectivity index (χ2n) is 2.78. The van der Waals surface area contributed by atoms with Gasteiger partial charge in [-0.2, -0.15) is 0 Å². The van der Waals surface area contributed by atoms with E-state index in [1.54, 1.807) is 0 Å². The molecule has 0 fully saturated rings. The van der Waals surface area contributed by atoms with E-state index in [-0.39, 0.29) is 5.88 Å². The smallest absolute Gasteiger partial charge is 0.145 e. The Hall–Kier alpha value is -0.490. The fourth-order valence-corrected chi connectivity index (χ4v) is 1.57. The second kappa shape index (κ2) is 6.17. The maximum absolute atomic E-state index is 5.58. The van der Waals surface area contributed by atoms with Crippen molar-refractivity contribution in [2.45, 2.75) is 6.92 Å². The highest BCUT2D eigenvalue weighted by Gasteiger charge is 2.03. The number of ether oxygens (including phenoxy) is 1. The van der Waals surface area contributed by atoms with E-state index in [4.69, 9.17) is 22.1 Å². The summed E-state index contributed by atoms with van der Waals surface area (Å²) in [5, 5.41) is 0. The Kier molecular flexibility index (Phi) is 5.17. The van der Waals surface area contributed by atoms with Gasteiger partial charge in [0.1, 0.15) is 17.3 Å². The minimum absolute atomic E-state index is 0.219. The molecule has 15 heavy (non-hydrogen) atoms. The number of aliphatic imine (C=N–C) groups is 1. The van der Waals surface area contributed by atoms with Crippen molar-refractivity contribution in [2.75, 3.05) is 12.5 Å². The third-order valence-corrected chi connectivity index (χ3v) is 2.57. The van der Waals surface area contributed by atoms with E-state index < -0.39 is 0 Å². The Morgan fingerprint density at radius 3 is 2.93 bits per heavy atom. The molecule has 0 saturated heterocycles. The molecule has 5 heteroatoms. The third kappa shape index (κ3) is 3.87. The van der Waals surface area contributed by atoms with Crippen LogP contribution in [0.25, 0.3) is 0 Å². The maximum atomic E-state index is 5.58. The molecule has 0 bridgehead atoms. The van der Waals surface area contributed by atoms with Crippen LogP contribution in [0.1, 0.15) is 6.92 Å². The number of amidine groups is 1. The minimum atomic E-state index is 0.219. The van der Waals surface area contributed by atoms with Gasteiger partial charge in [-0.1, -0.05) is 0 Å². The maximum Gasteiger partial charge on any atom is 0.145 e. The van der Waals surface area contributed by atoms with Gasteiger partial charge < -0.3 is 10.5 Å². The first-order valence-corrected chi connectivity index (χ1v) is 6.10. The van der Waals surface area contributed by atoms with Crippen LogP contribution < -0.4 is 10.5 Å². The number of benzene rings is 1. The van der Waals surface area contributed by atoms with Gasteiger partial charge in [0.25, 0.3) is 0 Å². The molecule has 1 aromatic rings. The van der Waals surface area contributed by atoms with Crippen molar-refractivity contribution < 1.29 is 4.74 Å². The van der Waals surface area contributed by atoms with E-state index in [9.17, 15) is 0 Å². The number of alkyl halides is 1. The van der Waals surface area contributed by atoms with Gasteiger partial charge >= 0.3 is 0 Å². The summed E-state index contributed by atoms with van der Waals surface area (Å²) in [6.07, 6.45) is 0. The molecule has 1 aromatic carbocycles. The summed E-state index contributed by atoms with van der Waals surface area (Å²) in [6, 6.07) is 5.75. The van der Waals surface area contributed by atoms with Crippen molar-refractivity contribution in [3.05, 3.63) is 21.8 Å². The van der Waals surface area contributed by atoms with Crippen LogP contribution in [0.15, 0.2) is 23.2 Å². The Morgan fingerprint density at radius 1 is 1.60 bits per heavy atom. The van der Waals surface area contributed by atoms with Crippen LogP contribution in [-0.2, 0) is 0 Å². The molecule has 0 aromatic heterocycles. The quantitative estimate of drug-likeness (QED) is 0.397. The zero-order valence-corrected chi connectivity index (χ0v) is 11.2. The Labute approximate surface area is 108 Å². The average molecular weight is 339 g/mol. The fourth-order valence-electron chi connectivity index (χ4n) is 1.04. The summed E-state index contributed by atoms with van der Waals surface area (Å²) in [7, 11) is 0. The van der Waals surface area contributed by atoms with Crippen LogP contribution in [-0.4, -0.2) is 18.3 Å². The molecule has 0 aliphatic carbocycles. The zero-order chi connectivity index (χ0) is 11.3. The molecule has 0 aliphatic rings. The molecule has 3 nitrogen and oxygen atoms in total. The molecule has 82 valence electrons. The Bertz CT molecular complexity index is 368. The monoisotopic (exact) mass is 338 g/mol. The van der Waals surface area contributed by atoms with Crippen LogP contribution in [0.4, 0.5) is 5.69 Å². The predicted octanol–water partition coefficient (Wildman–Crippen LogP) is 2.92. The number of nitrogens with zero attached hydrogens (tertiary/aromatic N) is 1. The molecular formula is C10H12ClIN2O. The summed E-state index contributed by atoms with van der Waals surface area (Å²) >= 11 is 7.78. The van der Waals surface area contributed by atoms with E-state index in [0.29, 0.717) is 12.4 Å². The van der Waals surface area contributed by atoms with Gasteiger partial charge in [0.05, 0.1) is 12.5 Å². The van der Waals surface area contributed by atoms with Crippen LogP contribution in [0.2, 0.25) is 0 Å². The van der Waals surface area contributed by atoms with Gasteiger partial charge in [0.2, 0.25) is 0 Å². The molecule has 0 amide bonds. The summed E-state index contributed by atoms with van der Waals surface area (Å²) in [5.41, 5.74) is 6.30. The Morgan fingerprint density at radius 2 is 2.33 bits per heavy atom. The van der Waals surface area contributed by atoms with E-state index in [2.05, 4.69) is 27.6 Å². The van der Waals surface area contributed by atoms with Gasteiger partial charge in [-0.3, -0.25) is 0 Å². The van der Waals surface area contributed by atoms with E-state index >= 15 is 0 Å². The lowest BCUT2D eigenvalue weighted by Gasteiger charge is -2.07. The van der Waals surface area contributed by atoms with Gasteiger partial charge in [0, 0.05) is 3.57 Å². The van der Waals surface area contributed by atoms with Crippen LogP contribution >= 0.6 is 34.2 Å². The van der Waals surface area contributed by atoms with Crippen LogP contribution in [0.3, 0.4) is 0 Å². The standard InChI is InChI=1S/C10H12ClIN2O/c1-2-15-9-4-3-7(12)5-8(9)14-10(13)6-11/h3-5H,2,6H2,1H3,(H2,13,14). The van der Waals surface area contributed by atoms with Crippen LogP contribution in [0, 0.1) is 3.57 Å². The second-order valence-corrected chi connectivity index (χ2v) is 4.29. The number of rotatable bonds is 4. The molecule has 0 heterocycles. The first-order chi connectivity index (χ1) is 7.17. The molecule has 1 rings (SSSR count). The normalized spacial score (nSPS) is 11.5. The van der Waals surface area contributed by atoms with E-state index in [1.165, 1.54) is 0 Å². The van der Waals surface area contributed by atoms with Gasteiger partial charge in [-0.15, -0.1) is 11.6 Å². The summed E-state index contributed by atoms with van der Waals surface area (Å²) in [5.74, 6) is 1.34. The lowest BCUT2D eigenvalue weighted by atomic mass is 10.3. The van der Waals surface area contributed by atoms with Crippen LogP contribution in [0.5, 0.6) is 5.75 Å². The largest absolute Gasteiger partial charge is 0.492 e. The SMILES string of the molecule is CCOc1ccc(I)cc1N=C(N)CCl. The van der Waals surface area contributed by atoms with Gasteiger partial charge in [0.15, 0.2) is 0 Å². The Balaban J connectivity index is 3.06. The summed E-state index contributed by atoms with van der Waals surface area (Å²) < 4.78 is 6.51. The van der Waals surface area contributed by atoms with Crippen molar-refractivity contribution >= 4 is 45.7 Å². The lowest BCUT2D eigenvalue weighted by Crippen LogP contribution is -2.12. The zero-order valence-electron chi connectivity index (χ0n) is 8.34. The number of hydrogen-bond donors (Lipinski definition) is 1. The average Bonchev–Trinajstić information content (AvgIpc) is 2.22. The van der Waals surface area contributed by atoms with Crippen molar-refractivity contribution in [2.24, 2.45) is 10.7 Å². The fraction of sp³-hybridized carbons (Fsp3) is 0.300. The first-order valence-electron chi connectivity index (χ1n) is 4.48. The lowest BCUT2D eigenvalue weighted by molar-refractivity contribution is 0.341. The first kappa shape index (κ1) is 12.6. The highest BCUT2D eigenvalue weighted by molar-refractivity contribution is 14.1. The van der Waals surface area contributed by atoms with Gasteiger partial charge in [-0.05, 0) is 47.7 Å². The van der Waals surface area contributed by atoms with Crippen molar-refractivity contribution in [3.63, 3.8) is 0 Å². The molecule has 0 spiro atoms. The number of nitrogens with two attached hydrogens (primary N) is 1. The predicted molar refractivity (Wildman–Crippen MR) is 72.3 cm³/mol. The number of halogens is 2. The van der Waals surface area contributed by atoms with E-state index in [0.717, 1.165) is 15.0 Å². The molecular weight excluding hydrogens is 326 g/mol. The van der Waals surface area contributed by atoms with E-state index in [1.807, 2.05) is 25.1 Å². The minimum Gasteiger partial charge on any atom is -0.492 e. The molecule has 0 atom stereocenters. The number of hydrogen-bond acceptors (Lipinski definition) is 2. The highest BCUT2D eigenvalue weighted by Crippen LogP contribution is 2.29. The molecule has 0 unspecified atom stereocenters. The molecule has 0 radical (unpaired) electrons. The van der Waals surface area contributed by atoms with Gasteiger partial charge in [-0.25, -0.2) is 4.99 Å². The van der Waals surface area contributed by atoms with Crippen molar-refractivity contribution in [1.29, 1.82) is 0 Å². The topological polar surface area (TPSA) is 47.6 Å².